The first kappa shape index (κ1) is 16.3. The van der Waals surface area contributed by atoms with E-state index in [-0.39, 0.29) is 5.91 Å². The van der Waals surface area contributed by atoms with Crippen LogP contribution in [-0.4, -0.2) is 23.9 Å². The van der Waals surface area contributed by atoms with Crippen molar-refractivity contribution in [2.24, 2.45) is 5.41 Å². The van der Waals surface area contributed by atoms with Crippen molar-refractivity contribution in [3.8, 4) is 0 Å². The number of nitrogens with zero attached hydrogens (tertiary/aromatic N) is 1. The lowest BCUT2D eigenvalue weighted by Crippen LogP contribution is -2.42. The minimum atomic E-state index is 0.163. The van der Waals surface area contributed by atoms with Crippen LogP contribution in [-0.2, 0) is 0 Å². The fourth-order valence-corrected chi connectivity index (χ4v) is 3.88. The summed E-state index contributed by atoms with van der Waals surface area (Å²) in [4.78, 5) is 14.7. The molecule has 110 valence electrons. The van der Waals surface area contributed by atoms with Gasteiger partial charge >= 0.3 is 0 Å². The van der Waals surface area contributed by atoms with Gasteiger partial charge in [-0.3, -0.25) is 4.79 Å². The molecule has 1 aromatic rings. The lowest BCUT2D eigenvalue weighted by Gasteiger charge is -2.41. The number of carbonyl (C=O) groups excluding carboxylic acids is 1. The zero-order chi connectivity index (χ0) is 14.8. The second-order valence-corrected chi connectivity index (χ2v) is 7.72. The van der Waals surface area contributed by atoms with Crippen molar-refractivity contribution < 1.29 is 4.79 Å². The molecule has 0 unspecified atom stereocenters. The molecule has 1 aliphatic rings. The Balaban J connectivity index is 2.10. The van der Waals surface area contributed by atoms with Crippen molar-refractivity contribution in [1.29, 1.82) is 0 Å². The van der Waals surface area contributed by atoms with Gasteiger partial charge in [0, 0.05) is 21.1 Å². The van der Waals surface area contributed by atoms with Crippen molar-refractivity contribution in [2.75, 3.05) is 13.1 Å². The molecule has 0 N–H and O–H groups in total. The third-order valence-electron chi connectivity index (χ3n) is 4.77. The molecule has 0 aliphatic carbocycles. The Kier molecular flexibility index (Phi) is 5.51. The average Bonchev–Trinajstić information content (AvgIpc) is 2.49. The lowest BCUT2D eigenvalue weighted by atomic mass is 9.74. The zero-order valence-corrected chi connectivity index (χ0v) is 15.8. The van der Waals surface area contributed by atoms with Crippen molar-refractivity contribution >= 4 is 44.4 Å². The SMILES string of the molecule is CCC1(CC)CCN(C(=O)c2cc(I)ccc2Br)CC1. The third-order valence-corrected chi connectivity index (χ3v) is 6.13. The predicted molar refractivity (Wildman–Crippen MR) is 95.0 cm³/mol. The molecule has 0 spiro atoms. The molecule has 0 bridgehead atoms. The average molecular weight is 450 g/mol. The van der Waals surface area contributed by atoms with Gasteiger partial charge in [-0.05, 0) is 75.0 Å². The molecule has 2 rings (SSSR count). The quantitative estimate of drug-likeness (QED) is 0.588. The molecule has 0 atom stereocenters. The molecule has 1 aliphatic heterocycles. The van der Waals surface area contributed by atoms with Gasteiger partial charge in [0.15, 0.2) is 0 Å². The van der Waals surface area contributed by atoms with Crippen molar-refractivity contribution in [3.63, 3.8) is 0 Å². The fraction of sp³-hybridized carbons (Fsp3) is 0.562. The van der Waals surface area contributed by atoms with Crippen LogP contribution in [0.15, 0.2) is 22.7 Å². The minimum absolute atomic E-state index is 0.163. The largest absolute Gasteiger partial charge is 0.339 e. The van der Waals surface area contributed by atoms with E-state index in [1.165, 1.54) is 12.8 Å². The summed E-state index contributed by atoms with van der Waals surface area (Å²) in [6, 6.07) is 5.94. The predicted octanol–water partition coefficient (Wildman–Crippen LogP) is 5.10. The van der Waals surface area contributed by atoms with Gasteiger partial charge in [0.05, 0.1) is 5.56 Å². The number of hydrogen-bond donors (Lipinski definition) is 0. The molecule has 1 aromatic carbocycles. The number of benzene rings is 1. The molecule has 20 heavy (non-hydrogen) atoms. The molecule has 1 heterocycles. The number of amides is 1. The Hall–Kier alpha value is -0.100. The molecule has 4 heteroatoms. The lowest BCUT2D eigenvalue weighted by molar-refractivity contribution is 0.0557. The van der Waals surface area contributed by atoms with Gasteiger partial charge in [-0.15, -0.1) is 0 Å². The first-order valence-electron chi connectivity index (χ1n) is 7.25. The maximum absolute atomic E-state index is 12.7. The molecule has 0 aromatic heterocycles. The van der Waals surface area contributed by atoms with Crippen LogP contribution in [0, 0.1) is 8.99 Å². The normalized spacial score (nSPS) is 18.1. The Morgan fingerprint density at radius 2 is 1.90 bits per heavy atom. The number of carbonyl (C=O) groups is 1. The Bertz CT molecular complexity index is 489. The highest BCUT2D eigenvalue weighted by Crippen LogP contribution is 2.38. The van der Waals surface area contributed by atoms with Crippen LogP contribution in [0.2, 0.25) is 0 Å². The first-order chi connectivity index (χ1) is 9.51. The van der Waals surface area contributed by atoms with E-state index in [9.17, 15) is 4.79 Å². The number of halogens is 2. The Labute approximate surface area is 143 Å². The van der Waals surface area contributed by atoms with Crippen LogP contribution < -0.4 is 0 Å². The summed E-state index contributed by atoms with van der Waals surface area (Å²) < 4.78 is 1.99. The smallest absolute Gasteiger partial charge is 0.255 e. The summed E-state index contributed by atoms with van der Waals surface area (Å²) in [6.07, 6.45) is 4.71. The number of hydrogen-bond acceptors (Lipinski definition) is 1. The van der Waals surface area contributed by atoms with E-state index in [2.05, 4.69) is 52.4 Å². The van der Waals surface area contributed by atoms with Gasteiger partial charge in [0.1, 0.15) is 0 Å². The van der Waals surface area contributed by atoms with Crippen LogP contribution in [0.1, 0.15) is 49.9 Å². The number of rotatable bonds is 3. The van der Waals surface area contributed by atoms with Crippen molar-refractivity contribution in [3.05, 3.63) is 31.8 Å². The summed E-state index contributed by atoms with van der Waals surface area (Å²) in [5.74, 6) is 0.163. The summed E-state index contributed by atoms with van der Waals surface area (Å²) >= 11 is 5.75. The Morgan fingerprint density at radius 1 is 1.30 bits per heavy atom. The van der Waals surface area contributed by atoms with E-state index >= 15 is 0 Å². The molecule has 0 saturated carbocycles. The fourth-order valence-electron chi connectivity index (χ4n) is 2.97. The van der Waals surface area contributed by atoms with E-state index in [4.69, 9.17) is 0 Å². The van der Waals surface area contributed by atoms with Gasteiger partial charge in [-0.25, -0.2) is 0 Å². The maximum atomic E-state index is 12.7. The van der Waals surface area contributed by atoms with Crippen molar-refractivity contribution in [1.82, 2.24) is 4.90 Å². The monoisotopic (exact) mass is 449 g/mol. The van der Waals surface area contributed by atoms with E-state index in [1.807, 2.05) is 23.1 Å². The summed E-state index contributed by atoms with van der Waals surface area (Å²) in [5.41, 5.74) is 1.25. The molecule has 1 fully saturated rings. The van der Waals surface area contributed by atoms with E-state index in [0.29, 0.717) is 5.41 Å². The van der Waals surface area contributed by atoms with Crippen LogP contribution in [0.4, 0.5) is 0 Å². The summed E-state index contributed by atoms with van der Waals surface area (Å²) in [7, 11) is 0. The van der Waals surface area contributed by atoms with Crippen molar-refractivity contribution in [2.45, 2.75) is 39.5 Å². The Morgan fingerprint density at radius 3 is 2.45 bits per heavy atom. The molecule has 2 nitrogen and oxygen atoms in total. The first-order valence-corrected chi connectivity index (χ1v) is 9.13. The van der Waals surface area contributed by atoms with E-state index in [1.54, 1.807) is 0 Å². The molecule has 1 amide bonds. The highest BCUT2D eigenvalue weighted by Gasteiger charge is 2.33. The number of piperidine rings is 1. The number of likely N-dealkylation sites (tertiary alicyclic amines) is 1. The molecular formula is C16H21BrINO. The molecule has 1 saturated heterocycles. The standard InChI is InChI=1S/C16H21BrINO/c1-3-16(4-2)7-9-19(10-8-16)15(20)13-11-12(18)5-6-14(13)17/h5-6,11H,3-4,7-10H2,1-2H3. The minimum Gasteiger partial charge on any atom is -0.339 e. The van der Waals surface area contributed by atoms with E-state index < -0.39 is 0 Å². The maximum Gasteiger partial charge on any atom is 0.255 e. The van der Waals surface area contributed by atoms with Crippen LogP contribution in [0.3, 0.4) is 0 Å². The second-order valence-electron chi connectivity index (χ2n) is 5.62. The topological polar surface area (TPSA) is 20.3 Å². The summed E-state index contributed by atoms with van der Waals surface area (Å²) in [6.45, 7) is 6.32. The van der Waals surface area contributed by atoms with Crippen LogP contribution >= 0.6 is 38.5 Å². The summed E-state index contributed by atoms with van der Waals surface area (Å²) in [5, 5.41) is 0. The van der Waals surface area contributed by atoms with Gasteiger partial charge in [-0.1, -0.05) is 26.7 Å². The van der Waals surface area contributed by atoms with Gasteiger partial charge in [0.25, 0.3) is 5.91 Å². The van der Waals surface area contributed by atoms with Gasteiger partial charge in [0.2, 0.25) is 0 Å². The van der Waals surface area contributed by atoms with Gasteiger partial charge in [-0.2, -0.15) is 0 Å². The highest BCUT2D eigenvalue weighted by atomic mass is 127. The highest BCUT2D eigenvalue weighted by molar-refractivity contribution is 14.1. The second kappa shape index (κ2) is 6.77. The molecular weight excluding hydrogens is 429 g/mol. The zero-order valence-electron chi connectivity index (χ0n) is 12.1. The van der Waals surface area contributed by atoms with Crippen LogP contribution in [0.25, 0.3) is 0 Å². The molecule has 0 radical (unpaired) electrons. The third kappa shape index (κ3) is 3.38. The van der Waals surface area contributed by atoms with Gasteiger partial charge < -0.3 is 4.90 Å². The van der Waals surface area contributed by atoms with Crippen LogP contribution in [0.5, 0.6) is 0 Å². The van der Waals surface area contributed by atoms with E-state index in [0.717, 1.165) is 39.5 Å².